The Kier molecular flexibility index (Phi) is 12.9. The van der Waals surface area contributed by atoms with Gasteiger partial charge in [0.25, 0.3) is 0 Å². The maximum atomic E-state index is 4.82. The van der Waals surface area contributed by atoms with Crippen molar-refractivity contribution in [3.8, 4) is 11.1 Å². The van der Waals surface area contributed by atoms with Gasteiger partial charge in [-0.25, -0.2) is 0 Å². The van der Waals surface area contributed by atoms with Gasteiger partial charge in [-0.05, 0) is 46.0 Å². The lowest BCUT2D eigenvalue weighted by molar-refractivity contribution is 1.22. The van der Waals surface area contributed by atoms with Gasteiger partial charge in [0.1, 0.15) is 0 Å². The number of thiol groups is 1. The molecule has 0 N–H and O–H groups in total. The second-order valence-electron chi connectivity index (χ2n) is 6.79. The molecule has 4 aromatic rings. The molecule has 0 saturated heterocycles. The van der Waals surface area contributed by atoms with Crippen LogP contribution in [0.25, 0.3) is 32.7 Å². The standard InChI is InChI=1S/C21H16S.C6H10.2C2H6/c1-14-7-9-17-16(13-14)8-10-20-19(17)12-11-18(21(20)22)15-5-3-2-4-6-15;1-3-5-6-4-2;2*1-2/h2-13,22H,1H3;3,5-6H,1,4H2,2H3;2*1-2H3/b;6-5+;;. The molecule has 0 bridgehead atoms. The Morgan fingerprint density at radius 2 is 1.41 bits per heavy atom. The van der Waals surface area contributed by atoms with Crippen molar-refractivity contribution in [3.05, 3.63) is 103 Å². The lowest BCUT2D eigenvalue weighted by atomic mass is 9.96. The summed E-state index contributed by atoms with van der Waals surface area (Å²) in [6.07, 6.45) is 6.89. The van der Waals surface area contributed by atoms with E-state index in [4.69, 9.17) is 12.6 Å². The molecule has 0 amide bonds. The molecule has 0 aromatic heterocycles. The van der Waals surface area contributed by atoms with Crippen LogP contribution in [0.1, 0.15) is 46.6 Å². The summed E-state index contributed by atoms with van der Waals surface area (Å²) in [4.78, 5) is 1.05. The number of benzene rings is 4. The molecule has 32 heavy (non-hydrogen) atoms. The van der Waals surface area contributed by atoms with E-state index in [-0.39, 0.29) is 0 Å². The van der Waals surface area contributed by atoms with Crippen molar-refractivity contribution in [1.82, 2.24) is 0 Å². The van der Waals surface area contributed by atoms with E-state index in [2.05, 4.69) is 93.2 Å². The van der Waals surface area contributed by atoms with Gasteiger partial charge in [0.15, 0.2) is 0 Å². The molecular weight excluding hydrogens is 404 g/mol. The fourth-order valence-electron chi connectivity index (χ4n) is 3.33. The number of rotatable bonds is 3. The molecule has 0 radical (unpaired) electrons. The van der Waals surface area contributed by atoms with Gasteiger partial charge in [0, 0.05) is 4.90 Å². The molecule has 1 heteroatoms. The van der Waals surface area contributed by atoms with E-state index >= 15 is 0 Å². The van der Waals surface area contributed by atoms with Crippen LogP contribution >= 0.6 is 12.6 Å². The minimum Gasteiger partial charge on any atom is -0.142 e. The van der Waals surface area contributed by atoms with Crippen molar-refractivity contribution in [2.45, 2.75) is 52.9 Å². The van der Waals surface area contributed by atoms with Gasteiger partial charge >= 0.3 is 0 Å². The van der Waals surface area contributed by atoms with Gasteiger partial charge < -0.3 is 0 Å². The quantitative estimate of drug-likeness (QED) is 0.182. The summed E-state index contributed by atoms with van der Waals surface area (Å²) in [5.74, 6) is 0. The molecule has 0 saturated carbocycles. The first-order chi connectivity index (χ1) is 15.7. The molecule has 4 aromatic carbocycles. The molecule has 168 valence electrons. The van der Waals surface area contributed by atoms with Gasteiger partial charge in [0.2, 0.25) is 0 Å². The third kappa shape index (κ3) is 7.14. The highest BCUT2D eigenvalue weighted by Gasteiger charge is 2.08. The van der Waals surface area contributed by atoms with Crippen LogP contribution in [0.4, 0.5) is 0 Å². The second-order valence-corrected chi connectivity index (χ2v) is 7.23. The summed E-state index contributed by atoms with van der Waals surface area (Å²) in [5, 5.41) is 5.05. The lowest BCUT2D eigenvalue weighted by Crippen LogP contribution is -1.85. The minimum absolute atomic E-state index is 1.05. The van der Waals surface area contributed by atoms with Crippen molar-refractivity contribution in [3.63, 3.8) is 0 Å². The van der Waals surface area contributed by atoms with E-state index in [1.807, 2.05) is 39.8 Å². The number of aryl methyl sites for hydroxylation is 1. The van der Waals surface area contributed by atoms with E-state index in [0.29, 0.717) is 0 Å². The van der Waals surface area contributed by atoms with Gasteiger partial charge in [0.05, 0.1) is 0 Å². The van der Waals surface area contributed by atoms with Crippen molar-refractivity contribution < 1.29 is 0 Å². The summed E-state index contributed by atoms with van der Waals surface area (Å²) < 4.78 is 0. The maximum absolute atomic E-state index is 4.82. The molecule has 0 heterocycles. The molecule has 0 fully saturated rings. The average molecular weight is 443 g/mol. The number of allylic oxidation sites excluding steroid dienone is 3. The first-order valence-electron chi connectivity index (χ1n) is 11.6. The smallest absolute Gasteiger partial charge is 0.0198 e. The maximum Gasteiger partial charge on any atom is 0.0198 e. The van der Waals surface area contributed by atoms with E-state index in [1.54, 1.807) is 6.08 Å². The third-order valence-electron chi connectivity index (χ3n) is 4.74. The van der Waals surface area contributed by atoms with Gasteiger partial charge in [-0.3, -0.25) is 0 Å². The molecule has 0 aliphatic carbocycles. The fourth-order valence-corrected chi connectivity index (χ4v) is 3.73. The summed E-state index contributed by atoms with van der Waals surface area (Å²) in [5.41, 5.74) is 3.68. The Morgan fingerprint density at radius 1 is 0.781 bits per heavy atom. The first kappa shape index (κ1) is 27.3. The SMILES string of the molecule is C=C/C=C/CC.CC.CC.Cc1ccc2c(ccc3c(S)c(-c4ccccc4)ccc32)c1. The van der Waals surface area contributed by atoms with E-state index in [1.165, 1.54) is 38.2 Å². The zero-order chi connectivity index (χ0) is 23.9. The summed E-state index contributed by atoms with van der Waals surface area (Å²) in [6, 6.07) is 25.8. The first-order valence-corrected chi connectivity index (χ1v) is 12.1. The number of hydrogen-bond donors (Lipinski definition) is 1. The Balaban J connectivity index is 0.000000441. The predicted octanol–water partition coefficient (Wildman–Crippen LogP) is 10.4. The van der Waals surface area contributed by atoms with Crippen LogP contribution in [-0.2, 0) is 0 Å². The zero-order valence-electron chi connectivity index (χ0n) is 20.5. The van der Waals surface area contributed by atoms with Crippen molar-refractivity contribution in [2.75, 3.05) is 0 Å². The van der Waals surface area contributed by atoms with Crippen LogP contribution in [0, 0.1) is 6.92 Å². The van der Waals surface area contributed by atoms with E-state index in [9.17, 15) is 0 Å². The van der Waals surface area contributed by atoms with Crippen molar-refractivity contribution in [1.29, 1.82) is 0 Å². The number of hydrogen-bond acceptors (Lipinski definition) is 1. The molecule has 0 nitrogen and oxygen atoms in total. The lowest BCUT2D eigenvalue weighted by Gasteiger charge is -2.11. The Hall–Kier alpha value is -2.77. The highest BCUT2D eigenvalue weighted by Crippen LogP contribution is 2.36. The second kappa shape index (κ2) is 15.1. The monoisotopic (exact) mass is 442 g/mol. The predicted molar refractivity (Wildman–Crippen MR) is 151 cm³/mol. The van der Waals surface area contributed by atoms with Crippen LogP contribution in [0.15, 0.2) is 102 Å². The van der Waals surface area contributed by atoms with Crippen molar-refractivity contribution in [2.24, 2.45) is 0 Å². The largest absolute Gasteiger partial charge is 0.142 e. The van der Waals surface area contributed by atoms with Crippen LogP contribution in [0.3, 0.4) is 0 Å². The number of fused-ring (bicyclic) bond motifs is 3. The van der Waals surface area contributed by atoms with Crippen LogP contribution < -0.4 is 0 Å². The fraction of sp³-hybridized carbons (Fsp3) is 0.226. The highest BCUT2D eigenvalue weighted by molar-refractivity contribution is 7.80. The molecule has 0 aliphatic heterocycles. The topological polar surface area (TPSA) is 0 Å². The van der Waals surface area contributed by atoms with Crippen LogP contribution in [0.5, 0.6) is 0 Å². The zero-order valence-corrected chi connectivity index (χ0v) is 21.4. The minimum atomic E-state index is 1.05. The van der Waals surface area contributed by atoms with Crippen molar-refractivity contribution >= 4 is 34.2 Å². The Labute approximate surface area is 201 Å². The summed E-state index contributed by atoms with van der Waals surface area (Å²) in [7, 11) is 0. The van der Waals surface area contributed by atoms with E-state index in [0.717, 1.165) is 11.3 Å². The molecule has 0 atom stereocenters. The summed E-state index contributed by atoms with van der Waals surface area (Å²) >= 11 is 4.82. The molecule has 4 rings (SSSR count). The molecule has 0 spiro atoms. The van der Waals surface area contributed by atoms with Crippen LogP contribution in [0.2, 0.25) is 0 Å². The van der Waals surface area contributed by atoms with Gasteiger partial charge in [-0.15, -0.1) is 12.6 Å². The Bertz CT molecular complexity index is 1120. The van der Waals surface area contributed by atoms with Crippen LogP contribution in [-0.4, -0.2) is 0 Å². The van der Waals surface area contributed by atoms with Gasteiger partial charge in [-0.2, -0.15) is 0 Å². The Morgan fingerprint density at radius 3 is 2.00 bits per heavy atom. The normalized spacial score (nSPS) is 9.84. The third-order valence-corrected chi connectivity index (χ3v) is 5.22. The molecular formula is C31H38S. The molecule has 0 unspecified atom stereocenters. The highest BCUT2D eigenvalue weighted by atomic mass is 32.1. The van der Waals surface area contributed by atoms with E-state index < -0.39 is 0 Å². The van der Waals surface area contributed by atoms with Gasteiger partial charge in [-0.1, -0.05) is 138 Å². The summed E-state index contributed by atoms with van der Waals surface area (Å²) in [6.45, 7) is 15.7. The average Bonchev–Trinajstić information content (AvgIpc) is 2.86. The molecule has 0 aliphatic rings.